The summed E-state index contributed by atoms with van der Waals surface area (Å²) in [6.07, 6.45) is -3.00. The highest BCUT2D eigenvalue weighted by atomic mass is 79.9. The minimum atomic E-state index is -4.55. The molecule has 1 heterocycles. The van der Waals surface area contributed by atoms with Crippen LogP contribution in [0.4, 0.5) is 13.2 Å². The summed E-state index contributed by atoms with van der Waals surface area (Å²) in [5, 5.41) is 0. The van der Waals surface area contributed by atoms with Crippen molar-refractivity contribution in [1.29, 1.82) is 0 Å². The minimum Gasteiger partial charge on any atom is -0.206 e. The van der Waals surface area contributed by atoms with Crippen LogP contribution >= 0.6 is 27.3 Å². The van der Waals surface area contributed by atoms with E-state index in [2.05, 4.69) is 15.9 Å². The number of rotatable bonds is 5. The Bertz CT molecular complexity index is 581. The number of alkyl halides is 3. The smallest absolute Gasteiger partial charge is 0.206 e. The van der Waals surface area contributed by atoms with Crippen LogP contribution in [0.15, 0.2) is 20.1 Å². The molecule has 0 bridgehead atoms. The van der Waals surface area contributed by atoms with Gasteiger partial charge in [0.25, 0.3) is 10.0 Å². The van der Waals surface area contributed by atoms with Gasteiger partial charge in [-0.1, -0.05) is 0 Å². The molecule has 20 heavy (non-hydrogen) atoms. The van der Waals surface area contributed by atoms with Crippen LogP contribution in [0.2, 0.25) is 0 Å². The van der Waals surface area contributed by atoms with Crippen LogP contribution in [0, 0.1) is 5.92 Å². The fraction of sp³-hybridized carbons (Fsp3) is 0.636. The number of sulfonamides is 1. The van der Waals surface area contributed by atoms with E-state index < -0.39 is 28.8 Å². The SMILES string of the molecule is CC(C1CC1)N(CC(F)(F)F)S(=O)(=O)c1ccc(Br)s1. The molecule has 1 aliphatic carbocycles. The number of hydrogen-bond acceptors (Lipinski definition) is 3. The first-order valence-corrected chi connectivity index (χ1v) is 9.00. The molecule has 0 saturated heterocycles. The van der Waals surface area contributed by atoms with Gasteiger partial charge in [-0.2, -0.15) is 17.5 Å². The molecule has 0 radical (unpaired) electrons. The number of hydrogen-bond donors (Lipinski definition) is 0. The standard InChI is InChI=1S/C11H13BrF3NO2S2/c1-7(8-2-3-8)16(6-11(13,14)15)20(17,18)10-5-4-9(12)19-10/h4-5,7-8H,2-3,6H2,1H3. The molecule has 9 heteroatoms. The first-order valence-electron chi connectivity index (χ1n) is 5.95. The summed E-state index contributed by atoms with van der Waals surface area (Å²) in [4.78, 5) is 0. The van der Waals surface area contributed by atoms with E-state index in [9.17, 15) is 21.6 Å². The lowest BCUT2D eigenvalue weighted by molar-refractivity contribution is -0.139. The van der Waals surface area contributed by atoms with E-state index in [1.807, 2.05) is 0 Å². The Balaban J connectivity index is 2.34. The second-order valence-corrected chi connectivity index (χ2v) is 9.38. The van der Waals surface area contributed by atoms with Crippen molar-refractivity contribution in [2.24, 2.45) is 5.92 Å². The van der Waals surface area contributed by atoms with Gasteiger partial charge in [0.05, 0.1) is 3.79 Å². The predicted molar refractivity (Wildman–Crippen MR) is 74.2 cm³/mol. The topological polar surface area (TPSA) is 37.4 Å². The van der Waals surface area contributed by atoms with Crippen LogP contribution in [-0.4, -0.2) is 31.5 Å². The molecule has 1 aromatic rings. The molecule has 0 aromatic carbocycles. The van der Waals surface area contributed by atoms with Gasteiger partial charge < -0.3 is 0 Å². The largest absolute Gasteiger partial charge is 0.402 e. The predicted octanol–water partition coefficient (Wildman–Crippen LogP) is 3.86. The molecule has 0 N–H and O–H groups in total. The third-order valence-corrected chi connectivity index (χ3v) is 7.23. The van der Waals surface area contributed by atoms with Gasteiger partial charge in [0.2, 0.25) is 0 Å². The van der Waals surface area contributed by atoms with Crippen molar-refractivity contribution in [3.05, 3.63) is 15.9 Å². The van der Waals surface area contributed by atoms with Gasteiger partial charge in [0, 0.05) is 6.04 Å². The molecular weight excluding hydrogens is 379 g/mol. The van der Waals surface area contributed by atoms with E-state index in [1.54, 1.807) is 6.92 Å². The average molecular weight is 392 g/mol. The lowest BCUT2D eigenvalue weighted by atomic mass is 10.2. The lowest BCUT2D eigenvalue weighted by Gasteiger charge is -2.28. The van der Waals surface area contributed by atoms with E-state index in [0.717, 1.165) is 24.2 Å². The fourth-order valence-corrected chi connectivity index (χ4v) is 5.81. The van der Waals surface area contributed by atoms with Crippen LogP contribution in [-0.2, 0) is 10.0 Å². The van der Waals surface area contributed by atoms with E-state index in [0.29, 0.717) is 8.09 Å². The maximum Gasteiger partial charge on any atom is 0.402 e. The first-order chi connectivity index (χ1) is 9.11. The number of halogens is 4. The first kappa shape index (κ1) is 16.3. The van der Waals surface area contributed by atoms with Crippen molar-refractivity contribution in [2.75, 3.05) is 6.54 Å². The molecule has 3 nitrogen and oxygen atoms in total. The minimum absolute atomic E-state index is 0.0236. The lowest BCUT2D eigenvalue weighted by Crippen LogP contribution is -2.45. The Morgan fingerprint density at radius 1 is 1.45 bits per heavy atom. The Hall–Kier alpha value is -0.120. The summed E-state index contributed by atoms with van der Waals surface area (Å²) in [5.41, 5.74) is 0. The van der Waals surface area contributed by atoms with Crippen LogP contribution in [0.25, 0.3) is 0 Å². The second kappa shape index (κ2) is 5.58. The third-order valence-electron chi connectivity index (χ3n) is 3.21. The molecule has 0 amide bonds. The monoisotopic (exact) mass is 391 g/mol. The van der Waals surface area contributed by atoms with Crippen LogP contribution in [0.1, 0.15) is 19.8 Å². The van der Waals surface area contributed by atoms with E-state index in [1.165, 1.54) is 12.1 Å². The summed E-state index contributed by atoms with van der Waals surface area (Å²) < 4.78 is 64.0. The average Bonchev–Trinajstić information content (AvgIpc) is 3.06. The summed E-state index contributed by atoms with van der Waals surface area (Å²) in [6, 6.07) is 2.21. The zero-order chi connectivity index (χ0) is 15.1. The van der Waals surface area contributed by atoms with Crippen molar-refractivity contribution in [3.63, 3.8) is 0 Å². The Morgan fingerprint density at radius 3 is 2.45 bits per heavy atom. The molecular formula is C11H13BrF3NO2S2. The maximum atomic E-state index is 12.7. The van der Waals surface area contributed by atoms with Crippen molar-refractivity contribution in [2.45, 2.75) is 36.2 Å². The molecule has 1 atom stereocenters. The molecule has 0 spiro atoms. The van der Waals surface area contributed by atoms with Gasteiger partial charge >= 0.3 is 6.18 Å². The van der Waals surface area contributed by atoms with E-state index in [4.69, 9.17) is 0 Å². The van der Waals surface area contributed by atoms with Gasteiger partial charge in [0.1, 0.15) is 10.8 Å². The van der Waals surface area contributed by atoms with Gasteiger partial charge in [-0.25, -0.2) is 8.42 Å². The fourth-order valence-electron chi connectivity index (χ4n) is 1.99. The summed E-state index contributed by atoms with van der Waals surface area (Å²) >= 11 is 4.05. The van der Waals surface area contributed by atoms with E-state index >= 15 is 0 Å². The Kier molecular flexibility index (Phi) is 4.54. The van der Waals surface area contributed by atoms with Crippen LogP contribution in [0.3, 0.4) is 0 Å². The summed E-state index contributed by atoms with van der Waals surface area (Å²) in [6.45, 7) is 0.103. The summed E-state index contributed by atoms with van der Waals surface area (Å²) in [7, 11) is -4.12. The van der Waals surface area contributed by atoms with E-state index in [-0.39, 0.29) is 10.1 Å². The molecule has 0 aliphatic heterocycles. The van der Waals surface area contributed by atoms with Crippen molar-refractivity contribution >= 4 is 37.3 Å². The highest BCUT2D eigenvalue weighted by molar-refractivity contribution is 9.11. The number of thiophene rings is 1. The van der Waals surface area contributed by atoms with Crippen LogP contribution in [0.5, 0.6) is 0 Å². The van der Waals surface area contributed by atoms with Crippen molar-refractivity contribution in [3.8, 4) is 0 Å². The van der Waals surface area contributed by atoms with Gasteiger partial charge in [0.15, 0.2) is 0 Å². The Labute approximate surface area is 128 Å². The maximum absolute atomic E-state index is 12.7. The van der Waals surface area contributed by atoms with Crippen molar-refractivity contribution < 1.29 is 21.6 Å². The summed E-state index contributed by atoms with van der Waals surface area (Å²) in [5.74, 6) is 0.0236. The third kappa shape index (κ3) is 3.75. The Morgan fingerprint density at radius 2 is 2.05 bits per heavy atom. The second-order valence-electron chi connectivity index (χ2n) is 4.80. The molecule has 1 aliphatic rings. The molecule has 2 rings (SSSR count). The normalized spacial score (nSPS) is 18.5. The zero-order valence-electron chi connectivity index (χ0n) is 10.5. The molecule has 1 fully saturated rings. The zero-order valence-corrected chi connectivity index (χ0v) is 13.7. The van der Waals surface area contributed by atoms with Crippen LogP contribution < -0.4 is 0 Å². The quantitative estimate of drug-likeness (QED) is 0.763. The molecule has 1 unspecified atom stereocenters. The molecule has 1 aromatic heterocycles. The number of nitrogens with zero attached hydrogens (tertiary/aromatic N) is 1. The highest BCUT2D eigenvalue weighted by Gasteiger charge is 2.44. The van der Waals surface area contributed by atoms with Crippen molar-refractivity contribution in [1.82, 2.24) is 4.31 Å². The van der Waals surface area contributed by atoms with Gasteiger partial charge in [-0.3, -0.25) is 0 Å². The molecule has 114 valence electrons. The van der Waals surface area contributed by atoms with Gasteiger partial charge in [-0.05, 0) is 53.7 Å². The van der Waals surface area contributed by atoms with Gasteiger partial charge in [-0.15, -0.1) is 11.3 Å². The molecule has 1 saturated carbocycles. The highest BCUT2D eigenvalue weighted by Crippen LogP contribution is 2.39.